The highest BCUT2D eigenvalue weighted by Gasteiger charge is 2.15. The first kappa shape index (κ1) is 19.3. The molecule has 0 radical (unpaired) electrons. The number of azide groups is 1. The number of methoxy groups -OCH3 is 1. The SMILES string of the molecule is COC(=O)COc1ccc(NC(=O)c2cc(I)c(N=[N+]=[N-])cc2O)cn1. The number of phenols is 1. The van der Waals surface area contributed by atoms with Crippen molar-refractivity contribution in [2.75, 3.05) is 19.0 Å². The van der Waals surface area contributed by atoms with Gasteiger partial charge in [0.25, 0.3) is 5.91 Å². The van der Waals surface area contributed by atoms with Gasteiger partial charge in [0, 0.05) is 14.5 Å². The molecule has 1 amide bonds. The summed E-state index contributed by atoms with van der Waals surface area (Å²) >= 11 is 1.89. The molecule has 0 fully saturated rings. The molecular formula is C15H12IN5O5. The number of amides is 1. The average molecular weight is 469 g/mol. The Kier molecular flexibility index (Phi) is 6.58. The van der Waals surface area contributed by atoms with Crippen LogP contribution in [-0.2, 0) is 9.53 Å². The van der Waals surface area contributed by atoms with E-state index in [4.69, 9.17) is 10.3 Å². The molecule has 0 atom stereocenters. The second-order valence-electron chi connectivity index (χ2n) is 4.71. The van der Waals surface area contributed by atoms with E-state index in [1.54, 1.807) is 0 Å². The summed E-state index contributed by atoms with van der Waals surface area (Å²) in [7, 11) is 1.24. The number of hydrogen-bond acceptors (Lipinski definition) is 7. The molecule has 1 aromatic carbocycles. The number of carbonyl (C=O) groups excluding carboxylic acids is 2. The van der Waals surface area contributed by atoms with Crippen LogP contribution in [0.2, 0.25) is 0 Å². The number of halogens is 1. The van der Waals surface area contributed by atoms with Crippen molar-refractivity contribution in [3.05, 3.63) is 50.0 Å². The molecule has 1 heterocycles. The summed E-state index contributed by atoms with van der Waals surface area (Å²) < 4.78 is 10.0. The van der Waals surface area contributed by atoms with E-state index in [1.165, 1.54) is 37.6 Å². The third kappa shape index (κ3) is 4.97. The summed E-state index contributed by atoms with van der Waals surface area (Å²) in [6.07, 6.45) is 1.33. The van der Waals surface area contributed by atoms with Gasteiger partial charge in [-0.15, -0.1) is 0 Å². The molecule has 2 N–H and O–H groups in total. The second kappa shape index (κ2) is 8.87. The van der Waals surface area contributed by atoms with Crippen molar-refractivity contribution in [3.8, 4) is 11.6 Å². The number of phenolic OH excluding ortho intramolecular Hbond substituents is 1. The molecule has 1 aromatic heterocycles. The van der Waals surface area contributed by atoms with Gasteiger partial charge in [0.1, 0.15) is 5.75 Å². The Bertz CT molecular complexity index is 881. The van der Waals surface area contributed by atoms with Gasteiger partial charge in [-0.2, -0.15) is 0 Å². The van der Waals surface area contributed by atoms with E-state index in [0.717, 1.165) is 0 Å². The maximum absolute atomic E-state index is 12.3. The Labute approximate surface area is 160 Å². The number of hydrogen-bond donors (Lipinski definition) is 2. The van der Waals surface area contributed by atoms with Crippen molar-refractivity contribution in [1.29, 1.82) is 0 Å². The second-order valence-corrected chi connectivity index (χ2v) is 5.88. The van der Waals surface area contributed by atoms with E-state index in [2.05, 4.69) is 25.1 Å². The van der Waals surface area contributed by atoms with Crippen molar-refractivity contribution in [2.45, 2.75) is 0 Å². The number of rotatable bonds is 6. The summed E-state index contributed by atoms with van der Waals surface area (Å²) in [5.41, 5.74) is 9.05. The number of benzene rings is 1. The van der Waals surface area contributed by atoms with Crippen LogP contribution < -0.4 is 10.1 Å². The summed E-state index contributed by atoms with van der Waals surface area (Å²) in [5, 5.41) is 15.9. The lowest BCUT2D eigenvalue weighted by Crippen LogP contribution is -2.14. The summed E-state index contributed by atoms with van der Waals surface area (Å²) in [6.45, 7) is -0.279. The minimum atomic E-state index is -0.571. The van der Waals surface area contributed by atoms with Gasteiger partial charge < -0.3 is 19.9 Å². The Hall–Kier alpha value is -3.05. The van der Waals surface area contributed by atoms with Crippen LogP contribution in [0.1, 0.15) is 10.4 Å². The number of anilines is 1. The summed E-state index contributed by atoms with van der Waals surface area (Å²) in [4.78, 5) is 29.9. The first-order valence-electron chi connectivity index (χ1n) is 6.99. The van der Waals surface area contributed by atoms with Gasteiger partial charge in [-0.1, -0.05) is 5.11 Å². The number of ether oxygens (including phenoxy) is 2. The lowest BCUT2D eigenvalue weighted by atomic mass is 10.1. The number of aromatic hydroxyl groups is 1. The number of carbonyl (C=O) groups is 2. The van der Waals surface area contributed by atoms with E-state index in [1.807, 2.05) is 22.6 Å². The Morgan fingerprint density at radius 3 is 2.81 bits per heavy atom. The lowest BCUT2D eigenvalue weighted by molar-refractivity contribution is -0.143. The van der Waals surface area contributed by atoms with Crippen molar-refractivity contribution in [1.82, 2.24) is 4.98 Å². The van der Waals surface area contributed by atoms with Gasteiger partial charge >= 0.3 is 5.97 Å². The molecule has 2 aromatic rings. The first-order valence-corrected chi connectivity index (χ1v) is 8.07. The van der Waals surface area contributed by atoms with E-state index in [9.17, 15) is 14.7 Å². The largest absolute Gasteiger partial charge is 0.507 e. The molecule has 26 heavy (non-hydrogen) atoms. The van der Waals surface area contributed by atoms with Gasteiger partial charge in [0.2, 0.25) is 5.88 Å². The topological polar surface area (TPSA) is 147 Å². The van der Waals surface area contributed by atoms with Crippen molar-refractivity contribution in [3.63, 3.8) is 0 Å². The van der Waals surface area contributed by atoms with Gasteiger partial charge in [0.15, 0.2) is 6.61 Å². The summed E-state index contributed by atoms with van der Waals surface area (Å²) in [5.74, 6) is -1.25. The minimum Gasteiger partial charge on any atom is -0.507 e. The molecule has 0 saturated carbocycles. The van der Waals surface area contributed by atoms with Crippen LogP contribution in [-0.4, -0.2) is 35.7 Å². The van der Waals surface area contributed by atoms with Crippen LogP contribution in [0.3, 0.4) is 0 Å². The average Bonchev–Trinajstić information content (AvgIpc) is 2.63. The van der Waals surface area contributed by atoms with Crippen LogP contribution in [0.4, 0.5) is 11.4 Å². The highest BCUT2D eigenvalue weighted by atomic mass is 127. The van der Waals surface area contributed by atoms with Gasteiger partial charge in [-0.25, -0.2) is 9.78 Å². The fourth-order valence-electron chi connectivity index (χ4n) is 1.79. The zero-order chi connectivity index (χ0) is 19.1. The van der Waals surface area contributed by atoms with E-state index in [0.29, 0.717) is 9.26 Å². The molecule has 10 nitrogen and oxygen atoms in total. The predicted molar refractivity (Wildman–Crippen MR) is 99.3 cm³/mol. The third-order valence-electron chi connectivity index (χ3n) is 3.02. The summed E-state index contributed by atoms with van der Waals surface area (Å²) in [6, 6.07) is 5.59. The molecule has 134 valence electrons. The van der Waals surface area contributed by atoms with Crippen LogP contribution in [0, 0.1) is 3.57 Å². The molecule has 0 aliphatic carbocycles. The molecule has 0 aliphatic heterocycles. The Balaban J connectivity index is 2.09. The Morgan fingerprint density at radius 1 is 1.42 bits per heavy atom. The smallest absolute Gasteiger partial charge is 0.343 e. The van der Waals surface area contributed by atoms with E-state index in [-0.39, 0.29) is 29.5 Å². The Morgan fingerprint density at radius 2 is 2.19 bits per heavy atom. The van der Waals surface area contributed by atoms with Crippen LogP contribution >= 0.6 is 22.6 Å². The van der Waals surface area contributed by atoms with Crippen LogP contribution in [0.5, 0.6) is 11.6 Å². The molecular weight excluding hydrogens is 457 g/mol. The quantitative estimate of drug-likeness (QED) is 0.219. The van der Waals surface area contributed by atoms with E-state index < -0.39 is 11.9 Å². The maximum atomic E-state index is 12.3. The molecule has 0 spiro atoms. The highest BCUT2D eigenvalue weighted by molar-refractivity contribution is 14.1. The van der Waals surface area contributed by atoms with Gasteiger partial charge in [0.05, 0.1) is 30.2 Å². The van der Waals surface area contributed by atoms with Gasteiger partial charge in [-0.05, 0) is 46.3 Å². The molecule has 0 saturated heterocycles. The lowest BCUT2D eigenvalue weighted by Gasteiger charge is -2.09. The van der Waals surface area contributed by atoms with Gasteiger partial charge in [-0.3, -0.25) is 4.79 Å². The monoisotopic (exact) mass is 469 g/mol. The standard InChI is InChI=1S/C15H12IN5O5/c1-25-14(23)7-26-13-3-2-8(6-18-13)19-15(24)9-4-10(16)11(20-21-17)5-12(9)22/h2-6,22H,7H2,1H3,(H,19,24). The maximum Gasteiger partial charge on any atom is 0.343 e. The number of aromatic nitrogens is 1. The predicted octanol–water partition coefficient (Wildman–Crippen LogP) is 3.14. The van der Waals surface area contributed by atoms with Crippen LogP contribution in [0.25, 0.3) is 10.4 Å². The fraction of sp³-hybridized carbons (Fsp3) is 0.133. The van der Waals surface area contributed by atoms with E-state index >= 15 is 0 Å². The number of nitrogens with one attached hydrogen (secondary N) is 1. The molecule has 0 aliphatic rings. The fourth-order valence-corrected chi connectivity index (χ4v) is 2.36. The minimum absolute atomic E-state index is 0.0114. The number of pyridine rings is 1. The highest BCUT2D eigenvalue weighted by Crippen LogP contribution is 2.30. The molecule has 2 rings (SSSR count). The van der Waals surface area contributed by atoms with Crippen molar-refractivity contribution < 1.29 is 24.2 Å². The number of nitrogens with zero attached hydrogens (tertiary/aromatic N) is 4. The van der Waals surface area contributed by atoms with Crippen molar-refractivity contribution >= 4 is 45.8 Å². The van der Waals surface area contributed by atoms with Crippen LogP contribution in [0.15, 0.2) is 35.6 Å². The van der Waals surface area contributed by atoms with Crippen molar-refractivity contribution in [2.24, 2.45) is 5.11 Å². The zero-order valence-corrected chi connectivity index (χ0v) is 15.5. The third-order valence-corrected chi connectivity index (χ3v) is 3.89. The number of esters is 1. The molecule has 0 bridgehead atoms. The molecule has 11 heteroatoms. The normalized spacial score (nSPS) is 9.77. The molecule has 0 unspecified atom stereocenters. The first-order chi connectivity index (χ1) is 12.4. The zero-order valence-electron chi connectivity index (χ0n) is 13.3.